The highest BCUT2D eigenvalue weighted by Gasteiger charge is 2.22. The van der Waals surface area contributed by atoms with E-state index >= 15 is 0 Å². The Bertz CT molecular complexity index is 374. The Balaban J connectivity index is 2.06. The molecule has 0 saturated heterocycles. The van der Waals surface area contributed by atoms with Crippen molar-refractivity contribution in [2.45, 2.75) is 31.8 Å². The van der Waals surface area contributed by atoms with Crippen LogP contribution in [0.15, 0.2) is 24.3 Å². The van der Waals surface area contributed by atoms with Gasteiger partial charge in [0, 0.05) is 12.6 Å². The minimum atomic E-state index is 0.733. The number of nitriles is 1. The highest BCUT2D eigenvalue weighted by Crippen LogP contribution is 2.25. The second kappa shape index (κ2) is 4.46. The van der Waals surface area contributed by atoms with Crippen molar-refractivity contribution < 1.29 is 0 Å². The Morgan fingerprint density at radius 1 is 1.40 bits per heavy atom. The van der Waals surface area contributed by atoms with Gasteiger partial charge in [0.15, 0.2) is 0 Å². The summed E-state index contributed by atoms with van der Waals surface area (Å²) in [5.41, 5.74) is 1.96. The van der Waals surface area contributed by atoms with E-state index in [4.69, 9.17) is 5.26 Å². The van der Waals surface area contributed by atoms with E-state index in [1.807, 2.05) is 24.3 Å². The molecule has 2 nitrogen and oxygen atoms in total. The summed E-state index contributed by atoms with van der Waals surface area (Å²) in [6, 6.07) is 10.9. The second-order valence-electron chi connectivity index (χ2n) is 4.27. The normalized spacial score (nSPS) is 16.1. The molecule has 2 heteroatoms. The fourth-order valence-electron chi connectivity index (χ4n) is 1.99. The van der Waals surface area contributed by atoms with Crippen molar-refractivity contribution in [3.05, 3.63) is 35.4 Å². The molecule has 2 rings (SSSR count). The molecule has 1 aliphatic carbocycles. The summed E-state index contributed by atoms with van der Waals surface area (Å²) >= 11 is 0. The number of rotatable bonds is 3. The number of hydrogen-bond donors (Lipinski definition) is 0. The molecule has 0 bridgehead atoms. The van der Waals surface area contributed by atoms with E-state index in [9.17, 15) is 0 Å². The van der Waals surface area contributed by atoms with Crippen molar-refractivity contribution in [2.24, 2.45) is 0 Å². The van der Waals surface area contributed by atoms with Crippen molar-refractivity contribution in [3.8, 4) is 6.07 Å². The smallest absolute Gasteiger partial charge is 0.0995 e. The van der Waals surface area contributed by atoms with Gasteiger partial charge >= 0.3 is 0 Å². The van der Waals surface area contributed by atoms with Crippen LogP contribution in [-0.2, 0) is 6.54 Å². The fraction of sp³-hybridized carbons (Fsp3) is 0.462. The van der Waals surface area contributed by atoms with Gasteiger partial charge < -0.3 is 0 Å². The van der Waals surface area contributed by atoms with Crippen LogP contribution in [0.2, 0.25) is 0 Å². The van der Waals surface area contributed by atoms with Crippen molar-refractivity contribution >= 4 is 0 Å². The Labute approximate surface area is 91.1 Å². The van der Waals surface area contributed by atoms with E-state index in [1.165, 1.54) is 19.3 Å². The summed E-state index contributed by atoms with van der Waals surface area (Å²) in [7, 11) is 2.15. The van der Waals surface area contributed by atoms with Gasteiger partial charge in [-0.3, -0.25) is 4.90 Å². The molecule has 0 N–H and O–H groups in total. The van der Waals surface area contributed by atoms with Gasteiger partial charge in [0.1, 0.15) is 0 Å². The molecule has 0 radical (unpaired) electrons. The zero-order chi connectivity index (χ0) is 10.7. The van der Waals surface area contributed by atoms with Gasteiger partial charge in [0.25, 0.3) is 0 Å². The van der Waals surface area contributed by atoms with Crippen LogP contribution in [-0.4, -0.2) is 18.0 Å². The van der Waals surface area contributed by atoms with Gasteiger partial charge in [-0.05, 0) is 31.5 Å². The maximum Gasteiger partial charge on any atom is 0.0995 e. The van der Waals surface area contributed by atoms with Crippen LogP contribution in [0.1, 0.15) is 30.4 Å². The molecule has 0 heterocycles. The molecule has 1 fully saturated rings. The maximum atomic E-state index is 8.97. The zero-order valence-electron chi connectivity index (χ0n) is 9.11. The minimum Gasteiger partial charge on any atom is -0.299 e. The maximum absolute atomic E-state index is 8.97. The molecule has 15 heavy (non-hydrogen) atoms. The van der Waals surface area contributed by atoms with Crippen LogP contribution < -0.4 is 0 Å². The first-order valence-corrected chi connectivity index (χ1v) is 5.49. The minimum absolute atomic E-state index is 0.733. The molecule has 1 saturated carbocycles. The van der Waals surface area contributed by atoms with E-state index in [-0.39, 0.29) is 0 Å². The number of nitrogens with zero attached hydrogens (tertiary/aromatic N) is 2. The van der Waals surface area contributed by atoms with Crippen LogP contribution in [0.5, 0.6) is 0 Å². The second-order valence-corrected chi connectivity index (χ2v) is 4.27. The monoisotopic (exact) mass is 200 g/mol. The lowest BCUT2D eigenvalue weighted by atomic mass is 9.91. The molecular formula is C13H16N2. The molecule has 78 valence electrons. The lowest BCUT2D eigenvalue weighted by Crippen LogP contribution is -2.36. The van der Waals surface area contributed by atoms with Gasteiger partial charge in [-0.25, -0.2) is 0 Å². The highest BCUT2D eigenvalue weighted by atomic mass is 15.1. The Morgan fingerprint density at radius 3 is 2.73 bits per heavy atom. The molecule has 0 unspecified atom stereocenters. The Morgan fingerprint density at radius 2 is 2.13 bits per heavy atom. The Kier molecular flexibility index (Phi) is 3.03. The first kappa shape index (κ1) is 10.2. The SMILES string of the molecule is CN(Cc1ccccc1C#N)C1CCC1. The topological polar surface area (TPSA) is 27.0 Å². The molecule has 0 aromatic heterocycles. The third-order valence-corrected chi connectivity index (χ3v) is 3.26. The summed E-state index contributed by atoms with van der Waals surface area (Å²) in [6.07, 6.45) is 3.98. The van der Waals surface area contributed by atoms with Crippen molar-refractivity contribution in [2.75, 3.05) is 7.05 Å². The van der Waals surface area contributed by atoms with Gasteiger partial charge in [-0.1, -0.05) is 24.6 Å². The average molecular weight is 200 g/mol. The predicted molar refractivity (Wildman–Crippen MR) is 60.3 cm³/mol. The largest absolute Gasteiger partial charge is 0.299 e. The molecule has 1 aromatic carbocycles. The molecule has 1 aromatic rings. The van der Waals surface area contributed by atoms with E-state index in [0.29, 0.717) is 0 Å². The highest BCUT2D eigenvalue weighted by molar-refractivity contribution is 5.37. The van der Waals surface area contributed by atoms with Gasteiger partial charge in [0.05, 0.1) is 11.6 Å². The lowest BCUT2D eigenvalue weighted by molar-refractivity contribution is 0.152. The summed E-state index contributed by atoms with van der Waals surface area (Å²) in [5.74, 6) is 0. The van der Waals surface area contributed by atoms with E-state index in [2.05, 4.69) is 18.0 Å². The van der Waals surface area contributed by atoms with Gasteiger partial charge in [-0.15, -0.1) is 0 Å². The molecule has 0 spiro atoms. The quantitative estimate of drug-likeness (QED) is 0.749. The van der Waals surface area contributed by atoms with Crippen LogP contribution in [0, 0.1) is 11.3 Å². The average Bonchev–Trinajstić information content (AvgIpc) is 2.15. The summed E-state index contributed by atoms with van der Waals surface area (Å²) in [4.78, 5) is 2.36. The van der Waals surface area contributed by atoms with E-state index in [1.54, 1.807) is 0 Å². The number of hydrogen-bond acceptors (Lipinski definition) is 2. The molecular weight excluding hydrogens is 184 g/mol. The van der Waals surface area contributed by atoms with E-state index < -0.39 is 0 Å². The summed E-state index contributed by atoms with van der Waals surface area (Å²) in [5, 5.41) is 8.97. The van der Waals surface area contributed by atoms with Crippen LogP contribution >= 0.6 is 0 Å². The molecule has 0 atom stereocenters. The fourth-order valence-corrected chi connectivity index (χ4v) is 1.99. The molecule has 0 aliphatic heterocycles. The predicted octanol–water partition coefficient (Wildman–Crippen LogP) is 2.54. The first-order chi connectivity index (χ1) is 7.31. The first-order valence-electron chi connectivity index (χ1n) is 5.49. The standard InChI is InChI=1S/C13H16N2/c1-15(13-7-4-8-13)10-12-6-3-2-5-11(12)9-14/h2-3,5-6,13H,4,7-8,10H2,1H3. The third-order valence-electron chi connectivity index (χ3n) is 3.26. The van der Waals surface area contributed by atoms with Crippen molar-refractivity contribution in [3.63, 3.8) is 0 Å². The molecule has 1 aliphatic rings. The van der Waals surface area contributed by atoms with Crippen LogP contribution in [0.3, 0.4) is 0 Å². The Hall–Kier alpha value is -1.33. The summed E-state index contributed by atoms with van der Waals surface area (Å²) < 4.78 is 0. The third kappa shape index (κ3) is 2.19. The van der Waals surface area contributed by atoms with Crippen molar-refractivity contribution in [1.29, 1.82) is 5.26 Å². The van der Waals surface area contributed by atoms with Gasteiger partial charge in [0.2, 0.25) is 0 Å². The van der Waals surface area contributed by atoms with Crippen molar-refractivity contribution in [1.82, 2.24) is 4.90 Å². The lowest BCUT2D eigenvalue weighted by Gasteiger charge is -2.34. The van der Waals surface area contributed by atoms with Crippen LogP contribution in [0.25, 0.3) is 0 Å². The zero-order valence-corrected chi connectivity index (χ0v) is 9.11. The van der Waals surface area contributed by atoms with Crippen LogP contribution in [0.4, 0.5) is 0 Å². The summed E-state index contributed by atoms with van der Waals surface area (Å²) in [6.45, 7) is 0.897. The van der Waals surface area contributed by atoms with Gasteiger partial charge in [-0.2, -0.15) is 5.26 Å². The molecule has 0 amide bonds. The van der Waals surface area contributed by atoms with E-state index in [0.717, 1.165) is 23.7 Å². The number of benzene rings is 1.